The van der Waals surface area contributed by atoms with E-state index in [2.05, 4.69) is 73.6 Å². The maximum Gasteiger partial charge on any atom is 3.00 e. The average Bonchev–Trinajstić information content (AvgIpc) is 2.76. The molecule has 0 aromatic rings. The molecule has 0 saturated carbocycles. The van der Waals surface area contributed by atoms with Crippen LogP contribution in [0.25, 0.3) is 0 Å². The van der Waals surface area contributed by atoms with E-state index in [-0.39, 0.29) is 37.2 Å². The van der Waals surface area contributed by atoms with Crippen LogP contribution in [0.2, 0.25) is 0 Å². The van der Waals surface area contributed by atoms with Gasteiger partial charge in [0.25, 0.3) is 0 Å². The van der Waals surface area contributed by atoms with Gasteiger partial charge in [-0.25, -0.2) is 16.7 Å². The number of allylic oxidation sites excluding steroid dienone is 8. The summed E-state index contributed by atoms with van der Waals surface area (Å²) >= 11 is 0. The van der Waals surface area contributed by atoms with Gasteiger partial charge in [-0.15, -0.1) is 13.8 Å². The summed E-state index contributed by atoms with van der Waals surface area (Å²) in [5, 5.41) is 0. The summed E-state index contributed by atoms with van der Waals surface area (Å²) in [6.07, 6.45) is 9.88. The molecule has 122 valence electrons. The summed E-state index contributed by atoms with van der Waals surface area (Å²) in [5.74, 6) is 1.11. The summed E-state index contributed by atoms with van der Waals surface area (Å²) in [4.78, 5) is 0. The van der Waals surface area contributed by atoms with E-state index in [1.807, 2.05) is 6.92 Å². The van der Waals surface area contributed by atoms with Gasteiger partial charge in [0.05, 0.1) is 0 Å². The molecule has 2 aliphatic rings. The van der Waals surface area contributed by atoms with Crippen LogP contribution >= 0.6 is 0 Å². The Labute approximate surface area is 163 Å². The van der Waals surface area contributed by atoms with Crippen LogP contribution < -0.4 is 0 Å². The van der Waals surface area contributed by atoms with Crippen LogP contribution in [0.15, 0.2) is 33.9 Å². The monoisotopic (exact) mass is 392 g/mol. The molecule has 0 fully saturated rings. The Hall–Kier alpha value is 0.0600. The van der Waals surface area contributed by atoms with E-state index < -0.39 is 0 Å². The predicted octanol–water partition coefficient (Wildman–Crippen LogP) is 5.10. The molecule has 0 bridgehead atoms. The maximum absolute atomic E-state index is 3.49. The molecular formula is C20H34SiZr. The molecule has 2 rings (SSSR count). The van der Waals surface area contributed by atoms with Crippen molar-refractivity contribution in [3.05, 3.63) is 53.0 Å². The number of rotatable bonds is 0. The fraction of sp³-hybridized carbons (Fsp3) is 0.550. The van der Waals surface area contributed by atoms with E-state index in [0.29, 0.717) is 11.8 Å². The first kappa shape index (κ1) is 26.9. The van der Waals surface area contributed by atoms with Crippen molar-refractivity contribution >= 4 is 11.0 Å². The Balaban J connectivity index is -0.000000260. The van der Waals surface area contributed by atoms with E-state index in [1.54, 1.807) is 0 Å². The van der Waals surface area contributed by atoms with Gasteiger partial charge in [0.15, 0.2) is 0 Å². The van der Waals surface area contributed by atoms with Crippen molar-refractivity contribution < 1.29 is 26.2 Å². The third-order valence-electron chi connectivity index (χ3n) is 3.77. The zero-order valence-electron chi connectivity index (χ0n) is 16.1. The van der Waals surface area contributed by atoms with Crippen LogP contribution in [0.3, 0.4) is 0 Å². The van der Waals surface area contributed by atoms with Crippen molar-refractivity contribution in [2.45, 2.75) is 61.8 Å². The standard InChI is InChI=1S/C9H13.C8H11.C3H7.H3Si.Zr/c1-6-5-7(2)9(4)8(6)3;1-6-4-7(2)8(3)5-6;1-3-2;;/h6H,1-4H3;4,6H,1-3H3;1,3H2,2H3;1H3;/q3*-1;;+3. The van der Waals surface area contributed by atoms with Gasteiger partial charge >= 0.3 is 26.2 Å². The molecule has 0 aliphatic heterocycles. The molecule has 0 spiro atoms. The van der Waals surface area contributed by atoms with Crippen molar-refractivity contribution in [3.63, 3.8) is 0 Å². The smallest absolute Gasteiger partial charge is 0.344 e. The Morgan fingerprint density at radius 2 is 1.45 bits per heavy atom. The first-order chi connectivity index (χ1) is 9.24. The minimum atomic E-state index is 0. The van der Waals surface area contributed by atoms with Gasteiger partial charge in [-0.05, 0) is 11.0 Å². The van der Waals surface area contributed by atoms with Crippen LogP contribution in [0.5, 0.6) is 0 Å². The molecule has 2 atom stereocenters. The predicted molar refractivity (Wildman–Crippen MR) is 101 cm³/mol. The SMILES string of the molecule is CC1=[C-]C(C)C(C)=C1C.CC1=[C-]C(C)C=C1C.[CH2-]CC.[SiH3].[Zr+3]. The number of hydrogen-bond acceptors (Lipinski definition) is 0. The molecule has 2 heteroatoms. The summed E-state index contributed by atoms with van der Waals surface area (Å²) in [5.41, 5.74) is 6.95. The fourth-order valence-electron chi connectivity index (χ4n) is 2.16. The molecule has 22 heavy (non-hydrogen) atoms. The van der Waals surface area contributed by atoms with E-state index in [0.717, 1.165) is 6.42 Å². The molecule has 0 heterocycles. The van der Waals surface area contributed by atoms with Crippen LogP contribution in [0, 0.1) is 30.9 Å². The summed E-state index contributed by atoms with van der Waals surface area (Å²) in [6.45, 7) is 20.6. The summed E-state index contributed by atoms with van der Waals surface area (Å²) < 4.78 is 0. The molecule has 0 N–H and O–H groups in total. The summed E-state index contributed by atoms with van der Waals surface area (Å²) in [6, 6.07) is 0. The van der Waals surface area contributed by atoms with Crippen LogP contribution in [0.1, 0.15) is 61.8 Å². The van der Waals surface area contributed by atoms with Crippen molar-refractivity contribution in [2.24, 2.45) is 11.8 Å². The second-order valence-corrected chi connectivity index (χ2v) is 5.71. The van der Waals surface area contributed by atoms with Gasteiger partial charge in [0.2, 0.25) is 0 Å². The van der Waals surface area contributed by atoms with Crippen LogP contribution in [-0.2, 0) is 26.2 Å². The zero-order chi connectivity index (χ0) is 15.9. The summed E-state index contributed by atoms with van der Waals surface area (Å²) in [7, 11) is 0. The second kappa shape index (κ2) is 13.5. The normalized spacial score (nSPS) is 22.0. The van der Waals surface area contributed by atoms with Gasteiger partial charge < -0.3 is 6.92 Å². The minimum absolute atomic E-state index is 0. The number of hydrogen-bond donors (Lipinski definition) is 0. The quantitative estimate of drug-likeness (QED) is 0.397. The zero-order valence-corrected chi connectivity index (χ0v) is 20.6. The van der Waals surface area contributed by atoms with E-state index >= 15 is 0 Å². The van der Waals surface area contributed by atoms with Crippen molar-refractivity contribution in [2.75, 3.05) is 0 Å². The molecule has 0 aromatic carbocycles. The molecular weight excluding hydrogens is 360 g/mol. The molecule has 0 nitrogen and oxygen atoms in total. The molecule has 0 aromatic heterocycles. The Kier molecular flexibility index (Phi) is 16.5. The van der Waals surface area contributed by atoms with Crippen molar-refractivity contribution in [3.8, 4) is 0 Å². The second-order valence-electron chi connectivity index (χ2n) is 5.71. The fourth-order valence-corrected chi connectivity index (χ4v) is 2.16. The third-order valence-corrected chi connectivity index (χ3v) is 3.77. The molecule has 2 radical (unpaired) electrons. The van der Waals surface area contributed by atoms with Crippen molar-refractivity contribution in [1.82, 2.24) is 0 Å². The van der Waals surface area contributed by atoms with Crippen LogP contribution in [0.4, 0.5) is 0 Å². The van der Waals surface area contributed by atoms with E-state index in [9.17, 15) is 0 Å². The Morgan fingerprint density at radius 3 is 1.55 bits per heavy atom. The molecule has 2 unspecified atom stereocenters. The van der Waals surface area contributed by atoms with Gasteiger partial charge in [-0.2, -0.15) is 23.6 Å². The topological polar surface area (TPSA) is 0 Å². The first-order valence-corrected chi connectivity index (χ1v) is 7.60. The van der Waals surface area contributed by atoms with Gasteiger partial charge in [-0.3, -0.25) is 12.2 Å². The van der Waals surface area contributed by atoms with E-state index in [1.165, 1.54) is 27.9 Å². The van der Waals surface area contributed by atoms with Gasteiger partial charge in [0, 0.05) is 0 Å². The molecule has 0 amide bonds. The maximum atomic E-state index is 3.49. The van der Waals surface area contributed by atoms with Gasteiger partial charge in [-0.1, -0.05) is 53.4 Å². The van der Waals surface area contributed by atoms with E-state index in [4.69, 9.17) is 0 Å². The van der Waals surface area contributed by atoms with Crippen molar-refractivity contribution in [1.29, 1.82) is 0 Å². The third kappa shape index (κ3) is 9.26. The Bertz CT molecular complexity index is 421. The van der Waals surface area contributed by atoms with Crippen LogP contribution in [-0.4, -0.2) is 11.0 Å². The minimum Gasteiger partial charge on any atom is -0.344 e. The largest absolute Gasteiger partial charge is 3.00 e. The first-order valence-electron chi connectivity index (χ1n) is 7.60. The molecule has 2 aliphatic carbocycles. The Morgan fingerprint density at radius 1 is 1.00 bits per heavy atom. The molecule has 0 saturated heterocycles. The van der Waals surface area contributed by atoms with Gasteiger partial charge in [0.1, 0.15) is 0 Å². The average molecular weight is 394 g/mol.